The number of rotatable bonds is 2. The highest BCUT2D eigenvalue weighted by Gasteiger charge is 2.33. The van der Waals surface area contributed by atoms with Gasteiger partial charge < -0.3 is 0 Å². The lowest BCUT2D eigenvalue weighted by Gasteiger charge is -2.31. The van der Waals surface area contributed by atoms with Crippen molar-refractivity contribution in [2.24, 2.45) is 4.99 Å². The molecule has 3 aromatic carbocycles. The summed E-state index contributed by atoms with van der Waals surface area (Å²) in [6.07, 6.45) is 3.60. The van der Waals surface area contributed by atoms with Gasteiger partial charge in [-0.3, -0.25) is 9.36 Å². The van der Waals surface area contributed by atoms with Crippen LogP contribution in [0.1, 0.15) is 34.7 Å². The van der Waals surface area contributed by atoms with E-state index in [2.05, 4.69) is 18.2 Å². The molecule has 1 aliphatic carbocycles. The van der Waals surface area contributed by atoms with E-state index >= 15 is 0 Å². The number of allylic oxidation sites excluding steroid dienone is 1. The number of nitrogens with zero attached hydrogens (tertiary/aromatic N) is 2. The second-order valence-electron chi connectivity index (χ2n) is 8.16. The van der Waals surface area contributed by atoms with Crippen molar-refractivity contribution in [1.29, 1.82) is 0 Å². The quantitative estimate of drug-likeness (QED) is 0.360. The Hall–Kier alpha value is -2.92. The van der Waals surface area contributed by atoms with Crippen molar-refractivity contribution in [3.05, 3.63) is 130 Å². The molecule has 33 heavy (non-hydrogen) atoms. The Balaban J connectivity index is 1.66. The predicted molar refractivity (Wildman–Crippen MR) is 136 cm³/mol. The van der Waals surface area contributed by atoms with Gasteiger partial charge in [-0.2, -0.15) is 0 Å². The summed E-state index contributed by atoms with van der Waals surface area (Å²) in [6, 6.07) is 23.4. The Morgan fingerprint density at radius 2 is 1.64 bits per heavy atom. The first kappa shape index (κ1) is 20.7. The molecule has 0 saturated heterocycles. The van der Waals surface area contributed by atoms with E-state index in [1.54, 1.807) is 4.57 Å². The first-order chi connectivity index (χ1) is 16.1. The molecule has 0 amide bonds. The molecule has 0 N–H and O–H groups in total. The molecule has 1 atom stereocenters. The van der Waals surface area contributed by atoms with E-state index < -0.39 is 0 Å². The summed E-state index contributed by atoms with van der Waals surface area (Å²) in [5, 5.41) is 1.26. The van der Waals surface area contributed by atoms with E-state index in [-0.39, 0.29) is 11.6 Å². The zero-order valence-corrected chi connectivity index (χ0v) is 19.8. The normalized spacial score (nSPS) is 17.3. The minimum atomic E-state index is -0.285. The van der Waals surface area contributed by atoms with Gasteiger partial charge in [0, 0.05) is 15.6 Å². The average Bonchev–Trinajstić information content (AvgIpc) is 3.14. The number of thiazole rings is 1. The van der Waals surface area contributed by atoms with E-state index in [0.717, 1.165) is 40.8 Å². The van der Waals surface area contributed by atoms with Crippen molar-refractivity contribution < 1.29 is 0 Å². The maximum Gasteiger partial charge on any atom is 0.271 e. The number of aryl methyl sites for hydroxylation is 1. The Labute approximate surface area is 204 Å². The van der Waals surface area contributed by atoms with E-state index in [4.69, 9.17) is 28.2 Å². The Morgan fingerprint density at radius 1 is 0.909 bits per heavy atom. The largest absolute Gasteiger partial charge is 0.272 e. The highest BCUT2D eigenvalue weighted by molar-refractivity contribution is 7.07. The zero-order valence-electron chi connectivity index (χ0n) is 17.5. The van der Waals surface area contributed by atoms with Crippen LogP contribution in [-0.4, -0.2) is 4.57 Å². The van der Waals surface area contributed by atoms with Gasteiger partial charge in [0.25, 0.3) is 5.56 Å². The highest BCUT2D eigenvalue weighted by Crippen LogP contribution is 2.42. The average molecular weight is 489 g/mol. The molecule has 3 nitrogen and oxygen atoms in total. The molecule has 1 aromatic heterocycles. The van der Waals surface area contributed by atoms with Crippen molar-refractivity contribution in [2.45, 2.75) is 18.9 Å². The standard InChI is InChI=1S/C27H18Cl2N2OS/c28-21-11-5-2-8-17(21)15-23-26(32)31-25(19-10-4-6-12-22(19)29)20-14-13-16-7-1-3-9-18(16)24(20)30-27(31)33-23/h1-12,15,25H,13-14H2. The van der Waals surface area contributed by atoms with Crippen molar-refractivity contribution in [1.82, 2.24) is 4.57 Å². The van der Waals surface area contributed by atoms with Crippen LogP contribution in [0.5, 0.6) is 0 Å². The van der Waals surface area contributed by atoms with Crippen molar-refractivity contribution in [3.63, 3.8) is 0 Å². The molecule has 2 heterocycles. The number of benzene rings is 3. The fraction of sp³-hybridized carbons (Fsp3) is 0.111. The predicted octanol–water partition coefficient (Wildman–Crippen LogP) is 5.63. The number of fused-ring (bicyclic) bond motifs is 3. The summed E-state index contributed by atoms with van der Waals surface area (Å²) in [7, 11) is 0. The second kappa shape index (κ2) is 8.14. The summed E-state index contributed by atoms with van der Waals surface area (Å²) < 4.78 is 2.41. The number of hydrogen-bond acceptors (Lipinski definition) is 3. The lowest BCUT2D eigenvalue weighted by atomic mass is 9.83. The fourth-order valence-corrected chi connectivity index (χ4v) is 6.15. The monoisotopic (exact) mass is 488 g/mol. The molecule has 1 unspecified atom stereocenters. The first-order valence-corrected chi connectivity index (χ1v) is 12.3. The third kappa shape index (κ3) is 3.41. The molecule has 0 radical (unpaired) electrons. The Morgan fingerprint density at radius 3 is 2.45 bits per heavy atom. The number of halogens is 2. The summed E-state index contributed by atoms with van der Waals surface area (Å²) >= 11 is 14.4. The van der Waals surface area contributed by atoms with Crippen LogP contribution < -0.4 is 14.9 Å². The van der Waals surface area contributed by atoms with E-state index in [1.165, 1.54) is 16.9 Å². The van der Waals surface area contributed by atoms with Crippen molar-refractivity contribution in [2.75, 3.05) is 0 Å². The van der Waals surface area contributed by atoms with Gasteiger partial charge in [-0.25, -0.2) is 4.99 Å². The minimum Gasteiger partial charge on any atom is -0.272 e. The smallest absolute Gasteiger partial charge is 0.271 e. The third-order valence-electron chi connectivity index (χ3n) is 6.26. The molecule has 6 heteroatoms. The number of aromatic nitrogens is 1. The molecule has 0 bridgehead atoms. The second-order valence-corrected chi connectivity index (χ2v) is 9.98. The molecule has 0 saturated carbocycles. The first-order valence-electron chi connectivity index (χ1n) is 10.7. The van der Waals surface area contributed by atoms with Crippen LogP contribution in [0.4, 0.5) is 0 Å². The summed E-state index contributed by atoms with van der Waals surface area (Å²) in [4.78, 5) is 19.4. The molecular formula is C27H18Cl2N2OS. The molecule has 0 fully saturated rings. The van der Waals surface area contributed by atoms with Crippen LogP contribution in [0.2, 0.25) is 10.0 Å². The topological polar surface area (TPSA) is 34.4 Å². The van der Waals surface area contributed by atoms with Crippen LogP contribution in [0.15, 0.2) is 88.2 Å². The highest BCUT2D eigenvalue weighted by atomic mass is 35.5. The van der Waals surface area contributed by atoms with E-state index in [0.29, 0.717) is 19.4 Å². The fourth-order valence-electron chi connectivity index (χ4n) is 4.73. The van der Waals surface area contributed by atoms with Gasteiger partial charge >= 0.3 is 0 Å². The molecule has 2 aliphatic rings. The SMILES string of the molecule is O=c1c(=Cc2ccccc2Cl)sc2n1C(c1ccccc1Cl)C1=C(N=2)c2ccccc2CC1. The van der Waals surface area contributed by atoms with Gasteiger partial charge in [-0.1, -0.05) is 95.2 Å². The van der Waals surface area contributed by atoms with E-state index in [1.807, 2.05) is 60.7 Å². The van der Waals surface area contributed by atoms with Crippen molar-refractivity contribution in [3.8, 4) is 0 Å². The van der Waals surface area contributed by atoms with Crippen LogP contribution in [0.3, 0.4) is 0 Å². The Kier molecular flexibility index (Phi) is 5.10. The molecule has 6 rings (SSSR count). The van der Waals surface area contributed by atoms with Gasteiger partial charge in [-0.05, 0) is 53.3 Å². The molecule has 4 aromatic rings. The van der Waals surface area contributed by atoms with Crippen molar-refractivity contribution >= 4 is 46.3 Å². The maximum atomic E-state index is 13.7. The Bertz CT molecular complexity index is 1630. The maximum absolute atomic E-state index is 13.7. The molecule has 0 spiro atoms. The summed E-state index contributed by atoms with van der Waals surface area (Å²) in [6.45, 7) is 0. The lowest BCUT2D eigenvalue weighted by Crippen LogP contribution is -2.38. The third-order valence-corrected chi connectivity index (χ3v) is 7.94. The van der Waals surface area contributed by atoms with Gasteiger partial charge in [0.2, 0.25) is 0 Å². The zero-order chi connectivity index (χ0) is 22.5. The summed E-state index contributed by atoms with van der Waals surface area (Å²) in [5.41, 5.74) is 6.19. The van der Waals surface area contributed by atoms with Gasteiger partial charge in [0.1, 0.15) is 0 Å². The van der Waals surface area contributed by atoms with Gasteiger partial charge in [0.05, 0.1) is 16.3 Å². The summed E-state index contributed by atoms with van der Waals surface area (Å²) in [5.74, 6) is 0. The van der Waals surface area contributed by atoms with Crippen LogP contribution in [0.25, 0.3) is 11.8 Å². The lowest BCUT2D eigenvalue weighted by molar-refractivity contribution is 0.585. The minimum absolute atomic E-state index is 0.0750. The van der Waals surface area contributed by atoms with Crippen LogP contribution in [0, 0.1) is 0 Å². The number of hydrogen-bond donors (Lipinski definition) is 0. The van der Waals surface area contributed by atoms with Gasteiger partial charge in [0.15, 0.2) is 4.80 Å². The van der Waals surface area contributed by atoms with Crippen LogP contribution >= 0.6 is 34.5 Å². The molecule has 1 aliphatic heterocycles. The molecular weight excluding hydrogens is 471 g/mol. The van der Waals surface area contributed by atoms with Crippen LogP contribution in [-0.2, 0) is 6.42 Å². The van der Waals surface area contributed by atoms with Gasteiger partial charge in [-0.15, -0.1) is 0 Å². The molecule has 162 valence electrons. The van der Waals surface area contributed by atoms with E-state index in [9.17, 15) is 4.79 Å².